The minimum absolute atomic E-state index is 0.150. The Labute approximate surface area is 185 Å². The van der Waals surface area contributed by atoms with Crippen LogP contribution in [0.4, 0.5) is 13.2 Å². The first kappa shape index (κ1) is 26.4. The van der Waals surface area contributed by atoms with E-state index >= 15 is 0 Å². The Morgan fingerprint density at radius 3 is 2.38 bits per heavy atom. The summed E-state index contributed by atoms with van der Waals surface area (Å²) < 4.78 is 61.4. The molecule has 0 bridgehead atoms. The van der Waals surface area contributed by atoms with E-state index in [4.69, 9.17) is 20.3 Å². The Bertz CT molecular complexity index is 943. The molecule has 1 atom stereocenters. The van der Waals surface area contributed by atoms with Crippen molar-refractivity contribution in [3.05, 3.63) is 64.7 Å². The van der Waals surface area contributed by atoms with Crippen molar-refractivity contribution in [3.8, 4) is 5.75 Å². The number of hydrogen-bond acceptors (Lipinski definition) is 4. The van der Waals surface area contributed by atoms with Gasteiger partial charge in [-0.1, -0.05) is 35.9 Å². The van der Waals surface area contributed by atoms with E-state index in [2.05, 4.69) is 4.52 Å². The maximum absolute atomic E-state index is 13.6. The highest BCUT2D eigenvalue weighted by Crippen LogP contribution is 2.38. The summed E-state index contributed by atoms with van der Waals surface area (Å²) in [6.07, 6.45) is -2.97. The van der Waals surface area contributed by atoms with Crippen LogP contribution in [0.2, 0.25) is 0 Å². The molecular formula is C22H29F3NO5P. The molecule has 2 aromatic rings. The van der Waals surface area contributed by atoms with E-state index in [1.54, 1.807) is 0 Å². The molecule has 0 spiro atoms. The Morgan fingerprint density at radius 2 is 1.75 bits per heavy atom. The zero-order valence-corrected chi connectivity index (χ0v) is 19.0. The van der Waals surface area contributed by atoms with Gasteiger partial charge in [-0.05, 0) is 62.8 Å². The Hall–Kier alpha value is -1.90. The van der Waals surface area contributed by atoms with Gasteiger partial charge >= 0.3 is 14.0 Å². The molecule has 4 N–H and O–H groups in total. The quantitative estimate of drug-likeness (QED) is 0.319. The van der Waals surface area contributed by atoms with Gasteiger partial charge < -0.3 is 20.3 Å². The lowest BCUT2D eigenvalue weighted by Crippen LogP contribution is -2.41. The van der Waals surface area contributed by atoms with Crippen LogP contribution in [0.1, 0.15) is 42.0 Å². The van der Waals surface area contributed by atoms with E-state index in [-0.39, 0.29) is 25.2 Å². The summed E-state index contributed by atoms with van der Waals surface area (Å²) in [5.41, 5.74) is 6.58. The summed E-state index contributed by atoms with van der Waals surface area (Å²) in [4.78, 5) is 17.6. The van der Waals surface area contributed by atoms with Crippen molar-refractivity contribution in [2.45, 2.75) is 51.2 Å². The van der Waals surface area contributed by atoms with Gasteiger partial charge in [-0.15, -0.1) is 0 Å². The van der Waals surface area contributed by atoms with Crippen molar-refractivity contribution in [2.75, 3.05) is 13.2 Å². The van der Waals surface area contributed by atoms with Crippen LogP contribution < -0.4 is 10.5 Å². The number of halogens is 3. The van der Waals surface area contributed by atoms with Gasteiger partial charge in [0.1, 0.15) is 5.75 Å². The van der Waals surface area contributed by atoms with Crippen LogP contribution in [0.15, 0.2) is 42.5 Å². The van der Waals surface area contributed by atoms with E-state index in [9.17, 15) is 17.7 Å². The van der Waals surface area contributed by atoms with Gasteiger partial charge in [0.15, 0.2) is 0 Å². The lowest BCUT2D eigenvalue weighted by atomic mass is 9.94. The molecule has 2 rings (SSSR count). The number of rotatable bonds is 11. The van der Waals surface area contributed by atoms with Gasteiger partial charge in [-0.2, -0.15) is 13.2 Å². The Kier molecular flexibility index (Phi) is 8.90. The number of benzene rings is 2. The lowest BCUT2D eigenvalue weighted by molar-refractivity contribution is -0.139. The number of phosphoric ester groups is 1. The van der Waals surface area contributed by atoms with E-state index in [1.807, 2.05) is 31.2 Å². The second-order valence-electron chi connectivity index (χ2n) is 8.19. The summed E-state index contributed by atoms with van der Waals surface area (Å²) in [5.74, 6) is -0.231. The largest absolute Gasteiger partial charge is 0.493 e. The van der Waals surface area contributed by atoms with Gasteiger partial charge in [0.05, 0.1) is 18.8 Å². The predicted molar refractivity (Wildman–Crippen MR) is 115 cm³/mol. The van der Waals surface area contributed by atoms with E-state index in [0.29, 0.717) is 18.4 Å². The van der Waals surface area contributed by atoms with Gasteiger partial charge in [0.2, 0.25) is 0 Å². The first-order chi connectivity index (χ1) is 14.8. The smallest absolute Gasteiger partial charge is 0.469 e. The van der Waals surface area contributed by atoms with Crippen LogP contribution in [0, 0.1) is 6.92 Å². The summed E-state index contributed by atoms with van der Waals surface area (Å²) in [5, 5.41) is 0. The predicted octanol–water partition coefficient (Wildman–Crippen LogP) is 4.78. The first-order valence-electron chi connectivity index (χ1n) is 10.1. The third-order valence-electron chi connectivity index (χ3n) is 4.85. The van der Waals surface area contributed by atoms with Crippen LogP contribution in [0.3, 0.4) is 0 Å². The second-order valence-corrected chi connectivity index (χ2v) is 9.43. The van der Waals surface area contributed by atoms with Gasteiger partial charge in [-0.3, -0.25) is 4.52 Å². The molecule has 1 unspecified atom stereocenters. The number of aryl methyl sites for hydroxylation is 3. The maximum atomic E-state index is 13.6. The third-order valence-corrected chi connectivity index (χ3v) is 5.31. The molecule has 0 aromatic heterocycles. The fourth-order valence-corrected chi connectivity index (χ4v) is 3.60. The third kappa shape index (κ3) is 9.30. The minimum atomic E-state index is -4.68. The SMILES string of the molecule is Cc1cccc(CCCOc2ccc(CCC(C)(N)COP(=O)(O)O)cc2C(F)(F)F)c1. The molecule has 0 aliphatic heterocycles. The van der Waals surface area contributed by atoms with Crippen LogP contribution in [-0.2, 0) is 28.1 Å². The maximum Gasteiger partial charge on any atom is 0.469 e. The molecule has 0 saturated heterocycles. The van der Waals surface area contributed by atoms with E-state index in [1.165, 1.54) is 19.1 Å². The molecular weight excluding hydrogens is 446 g/mol. The molecule has 10 heteroatoms. The summed E-state index contributed by atoms with van der Waals surface area (Å²) in [7, 11) is -4.68. The van der Waals surface area contributed by atoms with Crippen molar-refractivity contribution >= 4 is 7.82 Å². The summed E-state index contributed by atoms with van der Waals surface area (Å²) >= 11 is 0. The fourth-order valence-electron chi connectivity index (χ4n) is 3.14. The Morgan fingerprint density at radius 1 is 1.06 bits per heavy atom. The minimum Gasteiger partial charge on any atom is -0.493 e. The standard InChI is InChI=1S/C22H29F3NO5P/c1-16-5-3-6-17(13-16)7-4-12-30-20-9-8-18(14-19(20)22(23,24)25)10-11-21(2,26)15-31-32(27,28)29/h3,5-6,8-9,13-14H,4,7,10-12,15,26H2,1-2H3,(H2,27,28,29). The highest BCUT2D eigenvalue weighted by molar-refractivity contribution is 7.46. The highest BCUT2D eigenvalue weighted by Gasteiger charge is 2.35. The summed E-state index contributed by atoms with van der Waals surface area (Å²) in [6, 6.07) is 11.8. The number of ether oxygens (including phenoxy) is 1. The topological polar surface area (TPSA) is 102 Å². The number of nitrogens with two attached hydrogens (primary N) is 1. The van der Waals surface area contributed by atoms with E-state index in [0.717, 1.165) is 17.2 Å². The van der Waals surface area contributed by atoms with E-state index < -0.39 is 31.7 Å². The number of alkyl halides is 3. The molecule has 6 nitrogen and oxygen atoms in total. The van der Waals surface area contributed by atoms with Crippen LogP contribution in [0.5, 0.6) is 5.75 Å². The van der Waals surface area contributed by atoms with Crippen molar-refractivity contribution < 1.29 is 36.8 Å². The van der Waals surface area contributed by atoms with Crippen molar-refractivity contribution in [2.24, 2.45) is 5.73 Å². The zero-order chi connectivity index (χ0) is 24.0. The molecule has 0 aliphatic carbocycles. The Balaban J connectivity index is 1.98. The average molecular weight is 475 g/mol. The molecule has 0 amide bonds. The molecule has 2 aromatic carbocycles. The first-order valence-corrected chi connectivity index (χ1v) is 11.7. The summed E-state index contributed by atoms with van der Waals surface area (Å²) in [6.45, 7) is 3.22. The molecule has 0 fully saturated rings. The molecule has 32 heavy (non-hydrogen) atoms. The molecule has 0 heterocycles. The molecule has 0 saturated carbocycles. The molecule has 178 valence electrons. The zero-order valence-electron chi connectivity index (χ0n) is 18.1. The lowest BCUT2D eigenvalue weighted by Gasteiger charge is -2.24. The number of hydrogen-bond donors (Lipinski definition) is 3. The monoisotopic (exact) mass is 475 g/mol. The second kappa shape index (κ2) is 10.8. The average Bonchev–Trinajstić information content (AvgIpc) is 2.68. The van der Waals surface area contributed by atoms with Crippen LogP contribution in [-0.4, -0.2) is 28.5 Å². The van der Waals surface area contributed by atoms with Crippen molar-refractivity contribution in [1.82, 2.24) is 0 Å². The fraction of sp³-hybridized carbons (Fsp3) is 0.455. The van der Waals surface area contributed by atoms with Crippen LogP contribution >= 0.6 is 7.82 Å². The molecule has 0 radical (unpaired) electrons. The van der Waals surface area contributed by atoms with Gasteiger partial charge in [0.25, 0.3) is 0 Å². The van der Waals surface area contributed by atoms with Gasteiger partial charge in [0, 0.05) is 5.54 Å². The number of phosphoric acid groups is 1. The normalized spacial score (nSPS) is 14.2. The molecule has 0 aliphatic rings. The van der Waals surface area contributed by atoms with Crippen LogP contribution in [0.25, 0.3) is 0 Å². The van der Waals surface area contributed by atoms with Crippen molar-refractivity contribution in [1.29, 1.82) is 0 Å². The highest BCUT2D eigenvalue weighted by atomic mass is 31.2. The van der Waals surface area contributed by atoms with Gasteiger partial charge in [-0.25, -0.2) is 4.57 Å². The van der Waals surface area contributed by atoms with Crippen molar-refractivity contribution in [3.63, 3.8) is 0 Å².